The Morgan fingerprint density at radius 1 is 0.706 bits per heavy atom. The van der Waals surface area contributed by atoms with Crippen molar-refractivity contribution in [2.24, 2.45) is 0 Å². The van der Waals surface area contributed by atoms with Crippen LogP contribution in [0.2, 0.25) is 0 Å². The van der Waals surface area contributed by atoms with Gasteiger partial charge in [-0.15, -0.1) is 0 Å². The van der Waals surface area contributed by atoms with E-state index in [0.29, 0.717) is 6.42 Å². The number of esters is 2. The van der Waals surface area contributed by atoms with Crippen LogP contribution in [-0.2, 0) is 31.9 Å². The van der Waals surface area contributed by atoms with Gasteiger partial charge in [-0.05, 0) is 43.7 Å². The molecule has 0 fully saturated rings. The minimum absolute atomic E-state index is 0.261. The van der Waals surface area contributed by atoms with Gasteiger partial charge in [-0.1, -0.05) is 76.1 Å². The van der Waals surface area contributed by atoms with Gasteiger partial charge in [-0.25, -0.2) is 9.97 Å². The molecule has 0 amide bonds. The van der Waals surface area contributed by atoms with Crippen LogP contribution in [0.15, 0.2) is 36.7 Å². The number of aromatic nitrogens is 2. The molecule has 0 N–H and O–H groups in total. The van der Waals surface area contributed by atoms with Crippen molar-refractivity contribution in [1.82, 2.24) is 9.97 Å². The molecule has 2 aromatic rings. The Balaban J connectivity index is 1.65. The largest absolute Gasteiger partial charge is 0.466 e. The quantitative estimate of drug-likeness (QED) is 0.155. The average molecular weight is 469 g/mol. The fraction of sp³-hybridized carbons (Fsp3) is 0.571. The summed E-state index contributed by atoms with van der Waals surface area (Å²) in [4.78, 5) is 31.9. The van der Waals surface area contributed by atoms with Crippen molar-refractivity contribution in [3.63, 3.8) is 0 Å². The zero-order valence-electron chi connectivity index (χ0n) is 20.9. The van der Waals surface area contributed by atoms with E-state index < -0.39 is 11.9 Å². The van der Waals surface area contributed by atoms with E-state index in [1.54, 1.807) is 6.92 Å². The van der Waals surface area contributed by atoms with E-state index in [1.165, 1.54) is 56.9 Å². The number of hydrogen-bond acceptors (Lipinski definition) is 6. The lowest BCUT2D eigenvalue weighted by atomic mass is 10.1. The van der Waals surface area contributed by atoms with E-state index >= 15 is 0 Å². The van der Waals surface area contributed by atoms with Gasteiger partial charge in [0.2, 0.25) is 0 Å². The van der Waals surface area contributed by atoms with E-state index in [4.69, 9.17) is 9.47 Å². The average Bonchev–Trinajstić information content (AvgIpc) is 2.84. The number of benzene rings is 1. The molecule has 0 aliphatic heterocycles. The van der Waals surface area contributed by atoms with Crippen LogP contribution in [0, 0.1) is 0 Å². The maximum Gasteiger partial charge on any atom is 0.317 e. The summed E-state index contributed by atoms with van der Waals surface area (Å²) in [6.45, 7) is 4.50. The molecule has 2 rings (SSSR count). The summed E-state index contributed by atoms with van der Waals surface area (Å²) < 4.78 is 9.82. The van der Waals surface area contributed by atoms with Crippen LogP contribution >= 0.6 is 0 Å². The van der Waals surface area contributed by atoms with E-state index in [0.717, 1.165) is 29.8 Å². The number of unbranched alkanes of at least 4 members (excludes halogenated alkanes) is 7. The van der Waals surface area contributed by atoms with E-state index in [-0.39, 0.29) is 19.6 Å². The third-order valence-electron chi connectivity index (χ3n) is 5.70. The maximum absolute atomic E-state index is 11.6. The molecule has 0 aliphatic rings. The molecule has 186 valence electrons. The Morgan fingerprint density at radius 3 is 1.94 bits per heavy atom. The number of nitrogens with zero attached hydrogens (tertiary/aromatic N) is 2. The molecule has 0 bridgehead atoms. The fourth-order valence-corrected chi connectivity index (χ4v) is 3.76. The highest BCUT2D eigenvalue weighted by Gasteiger charge is 2.11. The second kappa shape index (κ2) is 16.8. The predicted octanol–water partition coefficient (Wildman–Crippen LogP) is 6.26. The van der Waals surface area contributed by atoms with Crippen molar-refractivity contribution in [3.05, 3.63) is 47.8 Å². The van der Waals surface area contributed by atoms with Gasteiger partial charge in [-0.2, -0.15) is 0 Å². The second-order valence-corrected chi connectivity index (χ2v) is 8.64. The van der Waals surface area contributed by atoms with Crippen molar-refractivity contribution in [1.29, 1.82) is 0 Å². The molecule has 1 aromatic carbocycles. The van der Waals surface area contributed by atoms with Gasteiger partial charge in [0.05, 0.1) is 13.2 Å². The first-order valence-corrected chi connectivity index (χ1v) is 12.8. The summed E-state index contributed by atoms with van der Waals surface area (Å²) in [6.07, 6.45) is 16.6. The molecule has 0 aliphatic carbocycles. The predicted molar refractivity (Wildman–Crippen MR) is 134 cm³/mol. The summed E-state index contributed by atoms with van der Waals surface area (Å²) in [7, 11) is 0. The molecule has 0 unspecified atom stereocenters. The SMILES string of the molecule is CCCCCCCCCCc1cnc(-c2ccc(CCCOC(=O)CC(=O)OCC)cc2)nc1. The van der Waals surface area contributed by atoms with Crippen LogP contribution in [0.5, 0.6) is 0 Å². The smallest absolute Gasteiger partial charge is 0.317 e. The Hall–Kier alpha value is -2.76. The number of rotatable bonds is 17. The Morgan fingerprint density at radius 2 is 1.29 bits per heavy atom. The highest BCUT2D eigenvalue weighted by Crippen LogP contribution is 2.17. The number of ether oxygens (including phenoxy) is 2. The van der Waals surface area contributed by atoms with Gasteiger partial charge in [0.1, 0.15) is 6.42 Å². The third-order valence-corrected chi connectivity index (χ3v) is 5.70. The molecule has 1 heterocycles. The van der Waals surface area contributed by atoms with Crippen LogP contribution in [0.25, 0.3) is 11.4 Å². The molecular weight excluding hydrogens is 428 g/mol. The summed E-state index contributed by atoms with van der Waals surface area (Å²) in [5.41, 5.74) is 3.34. The first-order valence-electron chi connectivity index (χ1n) is 12.8. The summed E-state index contributed by atoms with van der Waals surface area (Å²) >= 11 is 0. The van der Waals surface area contributed by atoms with Crippen LogP contribution in [0.4, 0.5) is 0 Å². The maximum atomic E-state index is 11.6. The van der Waals surface area contributed by atoms with Crippen LogP contribution in [-0.4, -0.2) is 35.1 Å². The standard InChI is InChI=1S/C28H40N2O4/c1-3-5-6-7-8-9-10-11-13-24-21-29-28(30-22-24)25-17-15-23(16-18-25)14-12-19-34-27(32)20-26(31)33-4-2/h15-18,21-22H,3-14,19-20H2,1-2H3. The van der Waals surface area contributed by atoms with Gasteiger partial charge in [-0.3, -0.25) is 9.59 Å². The number of aryl methyl sites for hydroxylation is 2. The molecule has 1 aromatic heterocycles. The van der Waals surface area contributed by atoms with Crippen molar-refractivity contribution >= 4 is 11.9 Å². The van der Waals surface area contributed by atoms with Crippen LogP contribution in [0.3, 0.4) is 0 Å². The summed E-state index contributed by atoms with van der Waals surface area (Å²) in [6, 6.07) is 8.15. The summed E-state index contributed by atoms with van der Waals surface area (Å²) in [5.74, 6) is -0.359. The van der Waals surface area contributed by atoms with Gasteiger partial charge in [0.25, 0.3) is 0 Å². The van der Waals surface area contributed by atoms with E-state index in [1.807, 2.05) is 36.7 Å². The molecular formula is C28H40N2O4. The first-order chi connectivity index (χ1) is 16.6. The topological polar surface area (TPSA) is 78.4 Å². The summed E-state index contributed by atoms with van der Waals surface area (Å²) in [5, 5.41) is 0. The molecule has 6 nitrogen and oxygen atoms in total. The monoisotopic (exact) mass is 468 g/mol. The minimum Gasteiger partial charge on any atom is -0.466 e. The Kier molecular flexibility index (Phi) is 13.6. The highest BCUT2D eigenvalue weighted by molar-refractivity contribution is 5.91. The van der Waals surface area contributed by atoms with Gasteiger partial charge in [0, 0.05) is 18.0 Å². The molecule has 0 saturated carbocycles. The van der Waals surface area contributed by atoms with Gasteiger partial charge < -0.3 is 9.47 Å². The van der Waals surface area contributed by atoms with E-state index in [9.17, 15) is 9.59 Å². The Labute approximate surface area is 204 Å². The number of carbonyl (C=O) groups excluding carboxylic acids is 2. The molecule has 34 heavy (non-hydrogen) atoms. The fourth-order valence-electron chi connectivity index (χ4n) is 3.76. The Bertz CT molecular complexity index is 834. The lowest BCUT2D eigenvalue weighted by Crippen LogP contribution is -2.14. The van der Waals surface area contributed by atoms with Crippen molar-refractivity contribution in [2.45, 2.75) is 90.9 Å². The molecule has 0 atom stereocenters. The van der Waals surface area contributed by atoms with Crippen molar-refractivity contribution in [2.75, 3.05) is 13.2 Å². The van der Waals surface area contributed by atoms with Crippen LogP contribution < -0.4 is 0 Å². The molecule has 6 heteroatoms. The van der Waals surface area contributed by atoms with Crippen LogP contribution in [0.1, 0.15) is 89.2 Å². The van der Waals surface area contributed by atoms with Crippen molar-refractivity contribution < 1.29 is 19.1 Å². The first kappa shape index (κ1) is 27.5. The lowest BCUT2D eigenvalue weighted by molar-refractivity contribution is -0.154. The zero-order chi connectivity index (χ0) is 24.4. The van der Waals surface area contributed by atoms with Gasteiger partial charge >= 0.3 is 11.9 Å². The molecule has 0 radical (unpaired) electrons. The minimum atomic E-state index is -0.550. The number of hydrogen-bond donors (Lipinski definition) is 0. The highest BCUT2D eigenvalue weighted by atomic mass is 16.6. The molecule has 0 saturated heterocycles. The van der Waals surface area contributed by atoms with Crippen molar-refractivity contribution in [3.8, 4) is 11.4 Å². The third kappa shape index (κ3) is 11.4. The zero-order valence-corrected chi connectivity index (χ0v) is 20.9. The molecule has 0 spiro atoms. The van der Waals surface area contributed by atoms with E-state index in [2.05, 4.69) is 16.9 Å². The van der Waals surface area contributed by atoms with Gasteiger partial charge in [0.15, 0.2) is 5.82 Å². The second-order valence-electron chi connectivity index (χ2n) is 8.64. The lowest BCUT2D eigenvalue weighted by Gasteiger charge is -2.06. The number of carbonyl (C=O) groups is 2. The normalized spacial score (nSPS) is 10.8.